The summed E-state index contributed by atoms with van der Waals surface area (Å²) < 4.78 is 14.3. The molecule has 0 saturated carbocycles. The van der Waals surface area contributed by atoms with Gasteiger partial charge in [0.05, 0.1) is 35.9 Å². The minimum atomic E-state index is -0.562. The quantitative estimate of drug-likeness (QED) is 0.598. The second-order valence-electron chi connectivity index (χ2n) is 7.25. The highest BCUT2D eigenvalue weighted by atomic mass is 19.1. The zero-order valence-electron chi connectivity index (χ0n) is 16.0. The summed E-state index contributed by atoms with van der Waals surface area (Å²) in [5.74, 6) is 0.537. The Labute approximate surface area is 168 Å². The molecule has 2 aliphatic heterocycles. The summed E-state index contributed by atoms with van der Waals surface area (Å²) in [5, 5.41) is 10.7. The number of nitrogens with zero attached hydrogens (tertiary/aromatic N) is 5. The van der Waals surface area contributed by atoms with Crippen LogP contribution in [0.1, 0.15) is 22.5 Å². The van der Waals surface area contributed by atoms with E-state index in [4.69, 9.17) is 5.41 Å². The lowest BCUT2D eigenvalue weighted by atomic mass is 9.82. The molecule has 3 heterocycles. The van der Waals surface area contributed by atoms with Crippen molar-refractivity contribution in [2.75, 3.05) is 30.0 Å². The molecular weight excluding hydrogens is 373 g/mol. The first-order valence-electron chi connectivity index (χ1n) is 9.49. The first-order chi connectivity index (χ1) is 14.1. The van der Waals surface area contributed by atoms with Crippen molar-refractivity contribution in [2.24, 2.45) is 11.0 Å². The van der Waals surface area contributed by atoms with Crippen LogP contribution in [0.4, 0.5) is 15.9 Å². The number of benzene rings is 1. The Bertz CT molecular complexity index is 946. The number of carbonyl (C=O) groups is 1. The zero-order chi connectivity index (χ0) is 20.4. The van der Waals surface area contributed by atoms with Gasteiger partial charge >= 0.3 is 0 Å². The minimum Gasteiger partial charge on any atom is -0.350 e. The number of piperidine rings is 1. The highest BCUT2D eigenvalue weighted by Gasteiger charge is 2.44. The molecule has 2 aromatic rings. The number of aromatic nitrogens is 2. The van der Waals surface area contributed by atoms with Gasteiger partial charge in [-0.2, -0.15) is 5.10 Å². The summed E-state index contributed by atoms with van der Waals surface area (Å²) in [6, 6.07) is 4.56. The maximum atomic E-state index is 14.3. The normalized spacial score (nSPS) is 20.9. The first-order valence-corrected chi connectivity index (χ1v) is 9.49. The molecule has 150 valence electrons. The predicted molar refractivity (Wildman–Crippen MR) is 109 cm³/mol. The van der Waals surface area contributed by atoms with Gasteiger partial charge in [-0.05, 0) is 25.5 Å². The van der Waals surface area contributed by atoms with Gasteiger partial charge in [0.25, 0.3) is 5.91 Å². The van der Waals surface area contributed by atoms with Crippen LogP contribution in [-0.2, 0) is 0 Å². The molecule has 8 nitrogen and oxygen atoms in total. The van der Waals surface area contributed by atoms with E-state index in [0.29, 0.717) is 19.0 Å². The molecule has 2 N–H and O–H groups in total. The van der Waals surface area contributed by atoms with E-state index in [1.54, 1.807) is 23.4 Å². The maximum Gasteiger partial charge on any atom is 0.256 e. The minimum absolute atomic E-state index is 0.0209. The fourth-order valence-corrected chi connectivity index (χ4v) is 3.90. The van der Waals surface area contributed by atoms with Gasteiger partial charge in [0.1, 0.15) is 17.3 Å². The smallest absolute Gasteiger partial charge is 0.256 e. The number of hydrogen-bond acceptors (Lipinski definition) is 7. The van der Waals surface area contributed by atoms with Gasteiger partial charge in [0.2, 0.25) is 0 Å². The Morgan fingerprint density at radius 2 is 2.21 bits per heavy atom. The molecule has 29 heavy (non-hydrogen) atoms. The van der Waals surface area contributed by atoms with Crippen LogP contribution in [0.3, 0.4) is 0 Å². The van der Waals surface area contributed by atoms with E-state index in [9.17, 15) is 9.18 Å². The summed E-state index contributed by atoms with van der Waals surface area (Å²) in [6.45, 7) is 3.99. The predicted octanol–water partition coefficient (Wildman–Crippen LogP) is 2.32. The van der Waals surface area contributed by atoms with Crippen molar-refractivity contribution in [3.05, 3.63) is 47.7 Å². The number of nitrogens with one attached hydrogen (secondary N) is 2. The zero-order valence-corrected chi connectivity index (χ0v) is 16.0. The average Bonchev–Trinajstić information content (AvgIpc) is 2.71. The number of para-hydroxylation sites is 1. The third-order valence-corrected chi connectivity index (χ3v) is 5.47. The molecule has 0 spiro atoms. The van der Waals surface area contributed by atoms with Crippen LogP contribution >= 0.6 is 0 Å². The summed E-state index contributed by atoms with van der Waals surface area (Å²) in [5.41, 5.74) is 3.66. The summed E-state index contributed by atoms with van der Waals surface area (Å²) >= 11 is 0. The van der Waals surface area contributed by atoms with Gasteiger partial charge in [-0.15, -0.1) is 0 Å². The van der Waals surface area contributed by atoms with Crippen molar-refractivity contribution in [2.45, 2.75) is 19.4 Å². The van der Waals surface area contributed by atoms with Crippen molar-refractivity contribution >= 4 is 29.8 Å². The van der Waals surface area contributed by atoms with E-state index in [1.165, 1.54) is 18.3 Å². The highest BCUT2D eigenvalue weighted by Crippen LogP contribution is 2.36. The molecule has 2 fully saturated rings. The summed E-state index contributed by atoms with van der Waals surface area (Å²) in [4.78, 5) is 25.8. The van der Waals surface area contributed by atoms with Gasteiger partial charge in [-0.25, -0.2) is 9.37 Å². The van der Waals surface area contributed by atoms with Crippen LogP contribution in [0.15, 0.2) is 35.7 Å². The van der Waals surface area contributed by atoms with E-state index in [0.717, 1.165) is 30.7 Å². The van der Waals surface area contributed by atoms with Crippen molar-refractivity contribution in [3.8, 4) is 0 Å². The molecule has 1 aromatic carbocycles. The number of anilines is 2. The number of aryl methyl sites for hydroxylation is 1. The molecular formula is C20H22FN7O. The van der Waals surface area contributed by atoms with E-state index in [-0.39, 0.29) is 23.2 Å². The summed E-state index contributed by atoms with van der Waals surface area (Å²) in [6.07, 6.45) is 6.56. The van der Waals surface area contributed by atoms with Gasteiger partial charge in [-0.3, -0.25) is 15.2 Å². The Morgan fingerprint density at radius 1 is 1.34 bits per heavy atom. The van der Waals surface area contributed by atoms with Crippen LogP contribution in [0, 0.1) is 24.1 Å². The molecule has 4 rings (SSSR count). The van der Waals surface area contributed by atoms with Gasteiger partial charge < -0.3 is 15.2 Å². The Balaban J connectivity index is 1.51. The second-order valence-corrected chi connectivity index (χ2v) is 7.25. The molecule has 2 atom stereocenters. The Morgan fingerprint density at radius 3 is 2.97 bits per heavy atom. The van der Waals surface area contributed by atoms with Gasteiger partial charge in [-0.1, -0.05) is 6.07 Å². The molecule has 0 bridgehead atoms. The standard InChI is InChI=1S/C20H22FN7O/c1-13-9-24-18(10-23-13)28-11-14-5-8-27(12-17(14)28)20(29)15-3-2-4-16(21)19(15)26-25-7-6-22/h2-4,6-7,9-10,14,17,22,26H,5,8,11-12H2,1H3/b22-6?,25-7-. The van der Waals surface area contributed by atoms with E-state index < -0.39 is 5.82 Å². The lowest BCUT2D eigenvalue weighted by Crippen LogP contribution is -2.65. The molecule has 2 saturated heterocycles. The average molecular weight is 395 g/mol. The van der Waals surface area contributed by atoms with Crippen molar-refractivity contribution in [1.29, 1.82) is 5.41 Å². The van der Waals surface area contributed by atoms with Crippen LogP contribution in [0.5, 0.6) is 0 Å². The van der Waals surface area contributed by atoms with Crippen LogP contribution in [0.2, 0.25) is 0 Å². The summed E-state index contributed by atoms with van der Waals surface area (Å²) in [7, 11) is 0. The van der Waals surface area contributed by atoms with E-state index in [2.05, 4.69) is 25.4 Å². The van der Waals surface area contributed by atoms with E-state index in [1.807, 2.05) is 6.92 Å². The maximum absolute atomic E-state index is 14.3. The Kier molecular flexibility index (Phi) is 5.20. The molecule has 0 radical (unpaired) electrons. The first kappa shape index (κ1) is 19.0. The van der Waals surface area contributed by atoms with Crippen molar-refractivity contribution in [3.63, 3.8) is 0 Å². The third kappa shape index (κ3) is 3.67. The van der Waals surface area contributed by atoms with Crippen molar-refractivity contribution < 1.29 is 9.18 Å². The number of amides is 1. The number of likely N-dealkylation sites (tertiary alicyclic amines) is 1. The molecule has 2 unspecified atom stereocenters. The third-order valence-electron chi connectivity index (χ3n) is 5.47. The number of rotatable bonds is 5. The van der Waals surface area contributed by atoms with Crippen LogP contribution in [-0.4, -0.2) is 58.9 Å². The molecule has 2 aliphatic rings. The number of carbonyl (C=O) groups excluding carboxylic acids is 1. The monoisotopic (exact) mass is 395 g/mol. The van der Waals surface area contributed by atoms with E-state index >= 15 is 0 Å². The van der Waals surface area contributed by atoms with Gasteiger partial charge in [0.15, 0.2) is 0 Å². The van der Waals surface area contributed by atoms with Gasteiger partial charge in [0, 0.05) is 31.8 Å². The van der Waals surface area contributed by atoms with Crippen LogP contribution < -0.4 is 10.3 Å². The second kappa shape index (κ2) is 7.94. The fraction of sp³-hybridized carbons (Fsp3) is 0.350. The number of hydrazone groups is 1. The lowest BCUT2D eigenvalue weighted by molar-refractivity contribution is 0.0591. The number of fused-ring (bicyclic) bond motifs is 1. The molecule has 9 heteroatoms. The Hall–Kier alpha value is -3.36. The van der Waals surface area contributed by atoms with Crippen molar-refractivity contribution in [1.82, 2.24) is 14.9 Å². The lowest BCUT2D eigenvalue weighted by Gasteiger charge is -2.53. The highest BCUT2D eigenvalue weighted by molar-refractivity contribution is 6.14. The molecule has 0 aliphatic carbocycles. The SMILES string of the molecule is Cc1cnc(N2CC3CCN(C(=O)c4cccc(F)c4N/N=C\C=N)CC32)cn1. The largest absolute Gasteiger partial charge is 0.350 e. The topological polar surface area (TPSA) is 97.6 Å². The number of halogens is 1. The molecule has 1 amide bonds. The van der Waals surface area contributed by atoms with Crippen LogP contribution in [0.25, 0.3) is 0 Å². The fourth-order valence-electron chi connectivity index (χ4n) is 3.90. The molecule has 1 aromatic heterocycles. The number of hydrogen-bond donors (Lipinski definition) is 2.